The van der Waals surface area contributed by atoms with Gasteiger partial charge in [0, 0.05) is 5.92 Å². The fraction of sp³-hybridized carbons (Fsp3) is 0.300. The molecule has 0 unspecified atom stereocenters. The minimum atomic E-state index is -0.272. The summed E-state index contributed by atoms with van der Waals surface area (Å²) in [5.74, 6) is 0.573. The van der Waals surface area contributed by atoms with Crippen LogP contribution in [0.3, 0.4) is 0 Å². The molecule has 1 fully saturated rings. The van der Waals surface area contributed by atoms with E-state index in [1.807, 2.05) is 17.5 Å². The highest BCUT2D eigenvalue weighted by atomic mass is 32.1. The van der Waals surface area contributed by atoms with Gasteiger partial charge in [0.1, 0.15) is 5.01 Å². The average molecular weight is 266 g/mol. The fourth-order valence-corrected chi connectivity index (χ4v) is 2.89. The summed E-state index contributed by atoms with van der Waals surface area (Å²) in [4.78, 5) is 11.6. The molecule has 2 heterocycles. The van der Waals surface area contributed by atoms with E-state index in [2.05, 4.69) is 20.8 Å². The van der Waals surface area contributed by atoms with Crippen LogP contribution in [0.5, 0.6) is 0 Å². The Morgan fingerprint density at radius 3 is 2.94 bits per heavy atom. The second kappa shape index (κ2) is 4.42. The Morgan fingerprint density at radius 2 is 2.24 bits per heavy atom. The van der Waals surface area contributed by atoms with Crippen molar-refractivity contribution < 1.29 is 4.79 Å². The highest BCUT2D eigenvalue weighted by Gasteiger charge is 2.27. The summed E-state index contributed by atoms with van der Waals surface area (Å²) in [6.07, 6.45) is 2.38. The predicted octanol–water partition coefficient (Wildman–Crippen LogP) is 3.12. The lowest BCUT2D eigenvalue weighted by molar-refractivity contribution is 0.262. The number of anilines is 2. The molecule has 88 valence electrons. The number of carbonyl (C=O) groups excluding carboxylic acids is 1. The van der Waals surface area contributed by atoms with Crippen LogP contribution in [-0.2, 0) is 0 Å². The minimum absolute atomic E-state index is 0.272. The molecule has 7 heteroatoms. The maximum Gasteiger partial charge on any atom is 0.326 e. The van der Waals surface area contributed by atoms with Gasteiger partial charge in [-0.15, -0.1) is 21.5 Å². The smallest absolute Gasteiger partial charge is 0.299 e. The SMILES string of the molecule is O=C(Nc1cccs1)Nc1nnc(C2CC2)s1. The summed E-state index contributed by atoms with van der Waals surface area (Å²) in [7, 11) is 0. The first-order chi connectivity index (χ1) is 8.31. The van der Waals surface area contributed by atoms with E-state index in [1.54, 1.807) is 0 Å². The van der Waals surface area contributed by atoms with Crippen molar-refractivity contribution in [2.24, 2.45) is 0 Å². The molecule has 0 aliphatic heterocycles. The molecule has 0 aromatic carbocycles. The van der Waals surface area contributed by atoms with E-state index in [9.17, 15) is 4.79 Å². The van der Waals surface area contributed by atoms with Gasteiger partial charge in [-0.05, 0) is 30.4 Å². The summed E-state index contributed by atoms with van der Waals surface area (Å²) in [5.41, 5.74) is 0. The van der Waals surface area contributed by atoms with E-state index in [1.165, 1.54) is 35.5 Å². The molecule has 2 N–H and O–H groups in total. The molecule has 3 rings (SSSR count). The number of hydrogen-bond donors (Lipinski definition) is 2. The summed E-state index contributed by atoms with van der Waals surface area (Å²) < 4.78 is 0. The van der Waals surface area contributed by atoms with Gasteiger partial charge in [-0.25, -0.2) is 4.79 Å². The van der Waals surface area contributed by atoms with Crippen molar-refractivity contribution in [3.8, 4) is 0 Å². The first-order valence-corrected chi connectivity index (χ1v) is 6.96. The number of carbonyl (C=O) groups is 1. The third kappa shape index (κ3) is 2.62. The highest BCUT2D eigenvalue weighted by molar-refractivity contribution is 7.15. The van der Waals surface area contributed by atoms with Crippen molar-refractivity contribution in [2.45, 2.75) is 18.8 Å². The molecule has 1 aliphatic carbocycles. The number of rotatable bonds is 3. The van der Waals surface area contributed by atoms with Gasteiger partial charge in [0.15, 0.2) is 0 Å². The Bertz CT molecular complexity index is 518. The number of aromatic nitrogens is 2. The van der Waals surface area contributed by atoms with Crippen LogP contribution in [0.25, 0.3) is 0 Å². The summed E-state index contributed by atoms with van der Waals surface area (Å²) in [6.45, 7) is 0. The van der Waals surface area contributed by atoms with Crippen LogP contribution < -0.4 is 10.6 Å². The molecule has 2 aromatic heterocycles. The Morgan fingerprint density at radius 1 is 1.35 bits per heavy atom. The van der Waals surface area contributed by atoms with Crippen molar-refractivity contribution in [3.63, 3.8) is 0 Å². The molecular formula is C10H10N4OS2. The number of thiophene rings is 1. The molecule has 1 aliphatic rings. The Balaban J connectivity index is 1.59. The van der Waals surface area contributed by atoms with E-state index in [-0.39, 0.29) is 6.03 Å². The fourth-order valence-electron chi connectivity index (χ4n) is 1.37. The lowest BCUT2D eigenvalue weighted by Crippen LogP contribution is -2.18. The van der Waals surface area contributed by atoms with E-state index >= 15 is 0 Å². The monoisotopic (exact) mass is 266 g/mol. The molecule has 2 amide bonds. The summed E-state index contributed by atoms with van der Waals surface area (Å²) in [5, 5.41) is 17.7. The third-order valence-electron chi connectivity index (χ3n) is 2.35. The van der Waals surface area contributed by atoms with Gasteiger partial charge in [-0.2, -0.15) is 0 Å². The van der Waals surface area contributed by atoms with Crippen molar-refractivity contribution in [2.75, 3.05) is 10.6 Å². The van der Waals surface area contributed by atoms with Crippen molar-refractivity contribution >= 4 is 38.8 Å². The highest BCUT2D eigenvalue weighted by Crippen LogP contribution is 2.42. The van der Waals surface area contributed by atoms with Gasteiger partial charge < -0.3 is 0 Å². The van der Waals surface area contributed by atoms with Crippen LogP contribution in [-0.4, -0.2) is 16.2 Å². The number of amides is 2. The molecule has 0 saturated heterocycles. The first kappa shape index (κ1) is 10.7. The van der Waals surface area contributed by atoms with Crippen LogP contribution in [0.4, 0.5) is 14.9 Å². The molecule has 2 aromatic rings. The Hall–Kier alpha value is -1.47. The molecular weight excluding hydrogens is 256 g/mol. The van der Waals surface area contributed by atoms with E-state index in [4.69, 9.17) is 0 Å². The van der Waals surface area contributed by atoms with Gasteiger partial charge >= 0.3 is 6.03 Å². The molecule has 0 spiro atoms. The van der Waals surface area contributed by atoms with Gasteiger partial charge in [-0.3, -0.25) is 10.6 Å². The first-order valence-electron chi connectivity index (χ1n) is 5.26. The molecule has 0 atom stereocenters. The summed E-state index contributed by atoms with van der Waals surface area (Å²) in [6, 6.07) is 3.46. The molecule has 0 radical (unpaired) electrons. The maximum atomic E-state index is 11.6. The number of urea groups is 1. The second-order valence-corrected chi connectivity index (χ2v) is 5.73. The zero-order chi connectivity index (χ0) is 11.7. The van der Waals surface area contributed by atoms with E-state index in [0.29, 0.717) is 11.0 Å². The lowest BCUT2D eigenvalue weighted by atomic mass is 10.5. The van der Waals surface area contributed by atoms with Crippen molar-refractivity contribution in [1.29, 1.82) is 0 Å². The third-order valence-corrected chi connectivity index (χ3v) is 4.13. The van der Waals surface area contributed by atoms with Crippen LogP contribution in [0.2, 0.25) is 0 Å². The largest absolute Gasteiger partial charge is 0.326 e. The summed E-state index contributed by atoms with van der Waals surface area (Å²) >= 11 is 2.93. The average Bonchev–Trinajstić information content (AvgIpc) is 2.84. The predicted molar refractivity (Wildman–Crippen MR) is 68.8 cm³/mol. The van der Waals surface area contributed by atoms with Gasteiger partial charge in [0.25, 0.3) is 0 Å². The zero-order valence-electron chi connectivity index (χ0n) is 8.84. The van der Waals surface area contributed by atoms with Gasteiger partial charge in [-0.1, -0.05) is 11.3 Å². The topological polar surface area (TPSA) is 66.9 Å². The quantitative estimate of drug-likeness (QED) is 0.897. The van der Waals surface area contributed by atoms with Crippen LogP contribution in [0.15, 0.2) is 17.5 Å². The molecule has 5 nitrogen and oxygen atoms in total. The Labute approximate surface area is 106 Å². The number of hydrogen-bond acceptors (Lipinski definition) is 5. The minimum Gasteiger partial charge on any atom is -0.299 e. The number of nitrogens with one attached hydrogen (secondary N) is 2. The number of nitrogens with zero attached hydrogens (tertiary/aromatic N) is 2. The van der Waals surface area contributed by atoms with Crippen molar-refractivity contribution in [3.05, 3.63) is 22.5 Å². The van der Waals surface area contributed by atoms with E-state index < -0.39 is 0 Å². The maximum absolute atomic E-state index is 11.6. The second-order valence-electron chi connectivity index (χ2n) is 3.78. The molecule has 1 saturated carbocycles. The lowest BCUT2D eigenvalue weighted by Gasteiger charge is -2.01. The normalized spacial score (nSPS) is 14.6. The van der Waals surface area contributed by atoms with Crippen LogP contribution in [0.1, 0.15) is 23.8 Å². The van der Waals surface area contributed by atoms with Crippen LogP contribution in [0, 0.1) is 0 Å². The van der Waals surface area contributed by atoms with E-state index in [0.717, 1.165) is 10.0 Å². The van der Waals surface area contributed by atoms with Gasteiger partial charge in [0.2, 0.25) is 5.13 Å². The standard InChI is InChI=1S/C10H10N4OS2/c15-9(11-7-2-1-5-16-7)12-10-14-13-8(17-10)6-3-4-6/h1-2,5-6H,3-4H2,(H2,11,12,14,15). The van der Waals surface area contributed by atoms with Crippen molar-refractivity contribution in [1.82, 2.24) is 10.2 Å². The van der Waals surface area contributed by atoms with Gasteiger partial charge in [0.05, 0.1) is 5.00 Å². The molecule has 0 bridgehead atoms. The zero-order valence-corrected chi connectivity index (χ0v) is 10.5. The molecule has 17 heavy (non-hydrogen) atoms. The Kier molecular flexibility index (Phi) is 2.77. The van der Waals surface area contributed by atoms with Crippen LogP contribution >= 0.6 is 22.7 Å².